The number of aryl methyl sites for hydroxylation is 1. The van der Waals surface area contributed by atoms with Crippen LogP contribution >= 0.6 is 0 Å². The summed E-state index contributed by atoms with van der Waals surface area (Å²) in [7, 11) is 1.64. The Morgan fingerprint density at radius 3 is 2.76 bits per heavy atom. The molecule has 2 heterocycles. The lowest BCUT2D eigenvalue weighted by Gasteiger charge is -2.33. The monoisotopic (exact) mass is 339 g/mol. The summed E-state index contributed by atoms with van der Waals surface area (Å²) in [6.45, 7) is 3.61. The van der Waals surface area contributed by atoms with Crippen LogP contribution in [0.4, 0.5) is 5.82 Å². The minimum absolute atomic E-state index is 0.164. The highest BCUT2D eigenvalue weighted by Gasteiger charge is 2.23. The van der Waals surface area contributed by atoms with E-state index in [0.29, 0.717) is 12.5 Å². The maximum Gasteiger partial charge on any atom is 0.227 e. The summed E-state index contributed by atoms with van der Waals surface area (Å²) < 4.78 is 5.34. The average molecular weight is 339 g/mol. The summed E-state index contributed by atoms with van der Waals surface area (Å²) in [5.74, 6) is 1.85. The maximum absolute atomic E-state index is 12.6. The Hall–Kier alpha value is -2.56. The van der Waals surface area contributed by atoms with E-state index in [1.807, 2.05) is 41.4 Å². The van der Waals surface area contributed by atoms with Crippen molar-refractivity contribution in [3.63, 3.8) is 0 Å². The molecule has 1 N–H and O–H groups in total. The molecule has 3 rings (SSSR count). The second-order valence-corrected chi connectivity index (χ2v) is 6.51. The van der Waals surface area contributed by atoms with Crippen LogP contribution in [0, 0.1) is 6.92 Å². The highest BCUT2D eigenvalue weighted by Crippen LogP contribution is 2.21. The molecule has 1 aromatic heterocycles. The fourth-order valence-corrected chi connectivity index (χ4v) is 3.22. The number of pyridine rings is 1. The van der Waals surface area contributed by atoms with Gasteiger partial charge in [-0.15, -0.1) is 0 Å². The van der Waals surface area contributed by atoms with E-state index >= 15 is 0 Å². The van der Waals surface area contributed by atoms with Gasteiger partial charge in [0.15, 0.2) is 0 Å². The predicted octanol–water partition coefficient (Wildman–Crippen LogP) is 3.04. The van der Waals surface area contributed by atoms with Crippen molar-refractivity contribution in [2.45, 2.75) is 32.2 Å². The van der Waals surface area contributed by atoms with Crippen molar-refractivity contribution in [1.29, 1.82) is 0 Å². The summed E-state index contributed by atoms with van der Waals surface area (Å²) in [5.41, 5.74) is 2.14. The number of ether oxygens (including phenoxy) is 1. The molecule has 5 heteroatoms. The molecule has 1 aromatic carbocycles. The van der Waals surface area contributed by atoms with Crippen LogP contribution in [0.15, 0.2) is 42.6 Å². The number of piperidine rings is 1. The van der Waals surface area contributed by atoms with Crippen LogP contribution in [0.3, 0.4) is 0 Å². The molecule has 0 aliphatic carbocycles. The van der Waals surface area contributed by atoms with Gasteiger partial charge in [0.25, 0.3) is 0 Å². The lowest BCUT2D eigenvalue weighted by Crippen LogP contribution is -2.43. The van der Waals surface area contributed by atoms with Gasteiger partial charge in [-0.3, -0.25) is 4.79 Å². The Kier molecular flexibility index (Phi) is 5.53. The van der Waals surface area contributed by atoms with Crippen molar-refractivity contribution >= 4 is 11.7 Å². The molecule has 0 radical (unpaired) electrons. The quantitative estimate of drug-likeness (QED) is 0.910. The molecule has 5 nitrogen and oxygen atoms in total. The number of benzene rings is 1. The summed E-state index contributed by atoms with van der Waals surface area (Å²) in [6, 6.07) is 12.1. The van der Waals surface area contributed by atoms with Crippen molar-refractivity contribution in [2.75, 3.05) is 25.5 Å². The van der Waals surface area contributed by atoms with Crippen LogP contribution in [0.1, 0.15) is 24.0 Å². The molecule has 0 saturated carbocycles. The van der Waals surface area contributed by atoms with Gasteiger partial charge in [-0.25, -0.2) is 4.98 Å². The lowest BCUT2D eigenvalue weighted by atomic mass is 10.0. The van der Waals surface area contributed by atoms with Gasteiger partial charge in [-0.05, 0) is 43.5 Å². The molecule has 0 atom stereocenters. The molecule has 1 aliphatic rings. The molecule has 0 spiro atoms. The fourth-order valence-electron chi connectivity index (χ4n) is 3.22. The number of anilines is 1. The topological polar surface area (TPSA) is 54.5 Å². The van der Waals surface area contributed by atoms with Crippen molar-refractivity contribution < 1.29 is 9.53 Å². The zero-order valence-electron chi connectivity index (χ0n) is 14.9. The number of amides is 1. The number of nitrogens with one attached hydrogen (secondary N) is 1. The van der Waals surface area contributed by atoms with Crippen molar-refractivity contribution in [3.05, 3.63) is 53.7 Å². The first-order valence-electron chi connectivity index (χ1n) is 8.74. The van der Waals surface area contributed by atoms with E-state index in [1.165, 1.54) is 5.56 Å². The number of carbonyl (C=O) groups is 1. The van der Waals surface area contributed by atoms with Crippen LogP contribution in [0.2, 0.25) is 0 Å². The number of hydrogen-bond donors (Lipinski definition) is 1. The van der Waals surface area contributed by atoms with Gasteiger partial charge in [0, 0.05) is 30.9 Å². The zero-order valence-corrected chi connectivity index (χ0v) is 14.9. The van der Waals surface area contributed by atoms with Gasteiger partial charge in [0.05, 0.1) is 13.5 Å². The first-order chi connectivity index (χ1) is 12.2. The van der Waals surface area contributed by atoms with E-state index in [2.05, 4.69) is 23.3 Å². The molecular formula is C20H25N3O2. The fraction of sp³-hybridized carbons (Fsp3) is 0.400. The Morgan fingerprint density at radius 2 is 2.04 bits per heavy atom. The number of carbonyl (C=O) groups excluding carboxylic acids is 1. The number of methoxy groups -OCH3 is 1. The zero-order chi connectivity index (χ0) is 17.6. The van der Waals surface area contributed by atoms with E-state index in [0.717, 1.165) is 43.1 Å². The molecule has 1 aliphatic heterocycles. The summed E-state index contributed by atoms with van der Waals surface area (Å²) in [6.07, 6.45) is 4.09. The van der Waals surface area contributed by atoms with Crippen LogP contribution in [-0.2, 0) is 11.2 Å². The molecule has 1 saturated heterocycles. The summed E-state index contributed by atoms with van der Waals surface area (Å²) in [5, 5.41) is 3.48. The lowest BCUT2D eigenvalue weighted by molar-refractivity contribution is -0.131. The predicted molar refractivity (Wildman–Crippen MR) is 98.9 cm³/mol. The molecule has 0 unspecified atom stereocenters. The molecule has 2 aromatic rings. The molecule has 0 bridgehead atoms. The van der Waals surface area contributed by atoms with Crippen LogP contribution in [0.5, 0.6) is 5.75 Å². The van der Waals surface area contributed by atoms with Gasteiger partial charge in [-0.2, -0.15) is 0 Å². The molecule has 25 heavy (non-hydrogen) atoms. The molecular weight excluding hydrogens is 314 g/mol. The second kappa shape index (κ2) is 8.01. The first-order valence-corrected chi connectivity index (χ1v) is 8.74. The minimum Gasteiger partial charge on any atom is -0.496 e. The Balaban J connectivity index is 1.52. The average Bonchev–Trinajstić information content (AvgIpc) is 2.63. The number of hydrogen-bond acceptors (Lipinski definition) is 4. The van der Waals surface area contributed by atoms with E-state index in [4.69, 9.17) is 4.74 Å². The van der Waals surface area contributed by atoms with Gasteiger partial charge < -0.3 is 15.0 Å². The van der Waals surface area contributed by atoms with Crippen molar-refractivity contribution in [3.8, 4) is 5.75 Å². The van der Waals surface area contributed by atoms with Crippen LogP contribution < -0.4 is 10.1 Å². The van der Waals surface area contributed by atoms with Gasteiger partial charge >= 0.3 is 0 Å². The van der Waals surface area contributed by atoms with E-state index in [1.54, 1.807) is 7.11 Å². The van der Waals surface area contributed by atoms with E-state index in [-0.39, 0.29) is 5.91 Å². The molecule has 1 fully saturated rings. The number of likely N-dealkylation sites (tertiary alicyclic amines) is 1. The first kappa shape index (κ1) is 17.3. The Labute approximate surface area is 149 Å². The van der Waals surface area contributed by atoms with Gasteiger partial charge in [0.2, 0.25) is 5.91 Å². The third kappa shape index (κ3) is 4.50. The normalized spacial score (nSPS) is 15.0. The number of para-hydroxylation sites is 1. The summed E-state index contributed by atoms with van der Waals surface area (Å²) in [4.78, 5) is 18.9. The highest BCUT2D eigenvalue weighted by atomic mass is 16.5. The van der Waals surface area contributed by atoms with Crippen LogP contribution in [-0.4, -0.2) is 42.0 Å². The number of aromatic nitrogens is 1. The number of rotatable bonds is 5. The molecule has 132 valence electrons. The highest BCUT2D eigenvalue weighted by molar-refractivity contribution is 5.79. The standard InChI is InChI=1S/C20H25N3O2/c1-15-7-10-21-19(13-15)22-17-8-11-23(12-9-17)20(24)14-16-5-3-4-6-18(16)25-2/h3-7,10,13,17H,8-9,11-12,14H2,1-2H3,(H,21,22). The Morgan fingerprint density at radius 1 is 1.28 bits per heavy atom. The number of nitrogens with zero attached hydrogens (tertiary/aromatic N) is 2. The SMILES string of the molecule is COc1ccccc1CC(=O)N1CCC(Nc2cc(C)ccn2)CC1. The van der Waals surface area contributed by atoms with E-state index in [9.17, 15) is 4.79 Å². The van der Waals surface area contributed by atoms with Crippen molar-refractivity contribution in [2.24, 2.45) is 0 Å². The third-order valence-electron chi connectivity index (χ3n) is 4.65. The van der Waals surface area contributed by atoms with Crippen LogP contribution in [0.25, 0.3) is 0 Å². The summed E-state index contributed by atoms with van der Waals surface area (Å²) >= 11 is 0. The van der Waals surface area contributed by atoms with Crippen molar-refractivity contribution in [1.82, 2.24) is 9.88 Å². The maximum atomic E-state index is 12.6. The molecule has 1 amide bonds. The minimum atomic E-state index is 0.164. The Bertz CT molecular complexity index is 724. The van der Waals surface area contributed by atoms with E-state index < -0.39 is 0 Å². The third-order valence-corrected chi connectivity index (χ3v) is 4.65. The smallest absolute Gasteiger partial charge is 0.227 e. The second-order valence-electron chi connectivity index (χ2n) is 6.51. The van der Waals surface area contributed by atoms with Gasteiger partial charge in [-0.1, -0.05) is 18.2 Å². The largest absolute Gasteiger partial charge is 0.496 e. The van der Waals surface area contributed by atoms with Gasteiger partial charge in [0.1, 0.15) is 11.6 Å².